The zero-order valence-corrected chi connectivity index (χ0v) is 15.9. The van der Waals surface area contributed by atoms with Crippen molar-refractivity contribution in [3.8, 4) is 0 Å². The van der Waals surface area contributed by atoms with Gasteiger partial charge < -0.3 is 9.73 Å². The SMILES string of the molecule is CNC(=O)CSc1nc2cc(S(=O)(=O)Nc3ccccc3Cl)ccc2o1. The van der Waals surface area contributed by atoms with Crippen molar-refractivity contribution in [3.63, 3.8) is 0 Å². The lowest BCUT2D eigenvalue weighted by atomic mass is 10.3. The maximum Gasteiger partial charge on any atom is 0.262 e. The average Bonchev–Trinajstić information content (AvgIpc) is 3.03. The molecule has 2 aromatic carbocycles. The highest BCUT2D eigenvalue weighted by Gasteiger charge is 2.18. The molecule has 0 spiro atoms. The molecule has 0 unspecified atom stereocenters. The van der Waals surface area contributed by atoms with E-state index in [0.29, 0.717) is 16.1 Å². The monoisotopic (exact) mass is 411 g/mol. The van der Waals surface area contributed by atoms with Crippen LogP contribution >= 0.6 is 23.4 Å². The normalized spacial score (nSPS) is 11.5. The molecule has 0 aliphatic carbocycles. The number of sulfonamides is 1. The highest BCUT2D eigenvalue weighted by Crippen LogP contribution is 2.27. The fourth-order valence-electron chi connectivity index (χ4n) is 2.06. The summed E-state index contributed by atoms with van der Waals surface area (Å²) in [6.07, 6.45) is 0. The molecule has 1 aromatic heterocycles. The minimum Gasteiger partial charge on any atom is -0.431 e. The molecule has 3 rings (SSSR count). The van der Waals surface area contributed by atoms with Crippen LogP contribution in [-0.4, -0.2) is 32.1 Å². The Kier molecular flexibility index (Phi) is 5.40. The molecular formula is C16H14ClN3O4S2. The summed E-state index contributed by atoms with van der Waals surface area (Å²) < 4.78 is 33.1. The maximum absolute atomic E-state index is 12.6. The molecule has 3 aromatic rings. The molecule has 136 valence electrons. The van der Waals surface area contributed by atoms with Crippen LogP contribution in [0.1, 0.15) is 0 Å². The highest BCUT2D eigenvalue weighted by molar-refractivity contribution is 7.99. The van der Waals surface area contributed by atoms with Crippen molar-refractivity contribution in [3.05, 3.63) is 47.5 Å². The Morgan fingerprint density at radius 3 is 2.77 bits per heavy atom. The Hall–Kier alpha value is -2.23. The van der Waals surface area contributed by atoms with Crippen molar-refractivity contribution in [2.75, 3.05) is 17.5 Å². The number of thioether (sulfide) groups is 1. The Morgan fingerprint density at radius 2 is 2.04 bits per heavy atom. The van der Waals surface area contributed by atoms with Gasteiger partial charge in [0.2, 0.25) is 5.91 Å². The third-order valence-electron chi connectivity index (χ3n) is 3.37. The third-order valence-corrected chi connectivity index (χ3v) is 5.89. The number of rotatable bonds is 6. The predicted molar refractivity (Wildman–Crippen MR) is 101 cm³/mol. The van der Waals surface area contributed by atoms with E-state index >= 15 is 0 Å². The fourth-order valence-corrected chi connectivity index (χ4v) is 4.11. The smallest absolute Gasteiger partial charge is 0.262 e. The molecule has 0 fully saturated rings. The number of amides is 1. The van der Waals surface area contributed by atoms with E-state index in [1.165, 1.54) is 25.2 Å². The number of aromatic nitrogens is 1. The number of hydrogen-bond acceptors (Lipinski definition) is 6. The van der Waals surface area contributed by atoms with Gasteiger partial charge in [-0.15, -0.1) is 0 Å². The zero-order valence-electron chi connectivity index (χ0n) is 13.5. The second-order valence-electron chi connectivity index (χ2n) is 5.16. The van der Waals surface area contributed by atoms with E-state index in [-0.39, 0.29) is 27.5 Å². The van der Waals surface area contributed by atoms with Crippen LogP contribution < -0.4 is 10.0 Å². The lowest BCUT2D eigenvalue weighted by Gasteiger charge is -2.09. The van der Waals surface area contributed by atoms with Gasteiger partial charge in [0.1, 0.15) is 5.52 Å². The van der Waals surface area contributed by atoms with E-state index in [4.69, 9.17) is 16.0 Å². The third kappa shape index (κ3) is 4.12. The quantitative estimate of drug-likeness (QED) is 0.604. The minimum atomic E-state index is -3.83. The van der Waals surface area contributed by atoms with E-state index in [2.05, 4.69) is 15.0 Å². The first kappa shape index (κ1) is 18.6. The van der Waals surface area contributed by atoms with Crippen LogP contribution in [0.25, 0.3) is 11.1 Å². The summed E-state index contributed by atoms with van der Waals surface area (Å²) in [6, 6.07) is 10.9. The van der Waals surface area contributed by atoms with E-state index < -0.39 is 10.0 Å². The first-order chi connectivity index (χ1) is 12.4. The summed E-state index contributed by atoms with van der Waals surface area (Å²) in [7, 11) is -2.29. The van der Waals surface area contributed by atoms with E-state index in [1.807, 2.05) is 0 Å². The summed E-state index contributed by atoms with van der Waals surface area (Å²) in [5, 5.41) is 3.08. The highest BCUT2D eigenvalue weighted by atomic mass is 35.5. The first-order valence-electron chi connectivity index (χ1n) is 7.40. The number of fused-ring (bicyclic) bond motifs is 1. The number of carbonyl (C=O) groups excluding carboxylic acids is 1. The van der Waals surface area contributed by atoms with Gasteiger partial charge in [0, 0.05) is 7.05 Å². The van der Waals surface area contributed by atoms with Gasteiger partial charge in [-0.2, -0.15) is 0 Å². The Bertz CT molecular complexity index is 1070. The van der Waals surface area contributed by atoms with Gasteiger partial charge >= 0.3 is 0 Å². The number of halogens is 1. The molecule has 1 amide bonds. The number of anilines is 1. The van der Waals surface area contributed by atoms with Gasteiger partial charge in [-0.3, -0.25) is 9.52 Å². The molecular weight excluding hydrogens is 398 g/mol. The summed E-state index contributed by atoms with van der Waals surface area (Å²) in [4.78, 5) is 15.5. The number of oxazole rings is 1. The Balaban J connectivity index is 1.86. The lowest BCUT2D eigenvalue weighted by Crippen LogP contribution is -2.19. The second kappa shape index (κ2) is 7.56. The van der Waals surface area contributed by atoms with Gasteiger partial charge in [-0.25, -0.2) is 13.4 Å². The van der Waals surface area contributed by atoms with Crippen molar-refractivity contribution in [1.29, 1.82) is 0 Å². The first-order valence-corrected chi connectivity index (χ1v) is 10.2. The molecule has 0 saturated heterocycles. The number of benzene rings is 2. The number of nitrogens with one attached hydrogen (secondary N) is 2. The van der Waals surface area contributed by atoms with E-state index in [0.717, 1.165) is 11.8 Å². The van der Waals surface area contributed by atoms with Crippen LogP contribution in [0, 0.1) is 0 Å². The number of nitrogens with zero attached hydrogens (tertiary/aromatic N) is 1. The molecule has 1 heterocycles. The standard InChI is InChI=1S/C16H14ClN3O4S2/c1-18-15(21)9-25-16-19-13-8-10(6-7-14(13)24-16)26(22,23)20-12-5-3-2-4-11(12)17/h2-8,20H,9H2,1H3,(H,18,21). The molecule has 0 atom stereocenters. The van der Waals surface area contributed by atoms with Crippen molar-refractivity contribution < 1.29 is 17.6 Å². The molecule has 0 bridgehead atoms. The van der Waals surface area contributed by atoms with Gasteiger partial charge in [0.15, 0.2) is 5.58 Å². The molecule has 0 radical (unpaired) electrons. The Labute approximate surface area is 159 Å². The number of carbonyl (C=O) groups is 1. The fraction of sp³-hybridized carbons (Fsp3) is 0.125. The largest absolute Gasteiger partial charge is 0.431 e. The van der Waals surface area contributed by atoms with Crippen LogP contribution in [0.5, 0.6) is 0 Å². The second-order valence-corrected chi connectivity index (χ2v) is 8.17. The van der Waals surface area contributed by atoms with E-state index in [9.17, 15) is 13.2 Å². The number of hydrogen-bond donors (Lipinski definition) is 2. The van der Waals surface area contributed by atoms with Gasteiger partial charge in [-0.05, 0) is 30.3 Å². The molecule has 0 aliphatic rings. The molecule has 26 heavy (non-hydrogen) atoms. The van der Waals surface area contributed by atoms with E-state index in [1.54, 1.807) is 24.3 Å². The predicted octanol–water partition coefficient (Wildman–Crippen LogP) is 3.12. The molecule has 2 N–H and O–H groups in total. The molecule has 7 nitrogen and oxygen atoms in total. The number of para-hydroxylation sites is 1. The van der Waals surface area contributed by atoms with Crippen molar-refractivity contribution in [2.45, 2.75) is 10.1 Å². The molecule has 10 heteroatoms. The van der Waals surface area contributed by atoms with Crippen LogP contribution in [0.3, 0.4) is 0 Å². The molecule has 0 aliphatic heterocycles. The van der Waals surface area contributed by atoms with Crippen molar-refractivity contribution in [2.24, 2.45) is 0 Å². The average molecular weight is 412 g/mol. The maximum atomic E-state index is 12.6. The van der Waals surface area contributed by atoms with Crippen molar-refractivity contribution in [1.82, 2.24) is 10.3 Å². The van der Waals surface area contributed by atoms with Gasteiger partial charge in [0.05, 0.1) is 21.4 Å². The van der Waals surface area contributed by atoms with Crippen LogP contribution in [0.4, 0.5) is 5.69 Å². The van der Waals surface area contributed by atoms with Gasteiger partial charge in [-0.1, -0.05) is 35.5 Å². The zero-order chi connectivity index (χ0) is 18.7. The van der Waals surface area contributed by atoms with Crippen molar-refractivity contribution >= 4 is 56.1 Å². The van der Waals surface area contributed by atoms with Crippen LogP contribution in [-0.2, 0) is 14.8 Å². The van der Waals surface area contributed by atoms with Crippen LogP contribution in [0.2, 0.25) is 5.02 Å². The minimum absolute atomic E-state index is 0.0288. The summed E-state index contributed by atoms with van der Waals surface area (Å²) in [6.45, 7) is 0. The van der Waals surface area contributed by atoms with Crippen LogP contribution in [0.15, 0.2) is 57.0 Å². The lowest BCUT2D eigenvalue weighted by molar-refractivity contribution is -0.118. The summed E-state index contributed by atoms with van der Waals surface area (Å²) in [5.74, 6) is -0.00724. The topological polar surface area (TPSA) is 101 Å². The van der Waals surface area contributed by atoms with Gasteiger partial charge in [0.25, 0.3) is 15.2 Å². The Morgan fingerprint density at radius 1 is 1.27 bits per heavy atom. The molecule has 0 saturated carbocycles. The summed E-state index contributed by atoms with van der Waals surface area (Å²) >= 11 is 7.12. The summed E-state index contributed by atoms with van der Waals surface area (Å²) in [5.41, 5.74) is 1.10.